The summed E-state index contributed by atoms with van der Waals surface area (Å²) in [6, 6.07) is 5.95. The number of halogens is 1. The van der Waals surface area contributed by atoms with Gasteiger partial charge in [0, 0.05) is 30.8 Å². The molecule has 24 heavy (non-hydrogen) atoms. The molecule has 0 aromatic heterocycles. The zero-order valence-electron chi connectivity index (χ0n) is 14.5. The predicted molar refractivity (Wildman–Crippen MR) is 102 cm³/mol. The van der Waals surface area contributed by atoms with E-state index in [1.807, 2.05) is 20.8 Å². The van der Waals surface area contributed by atoms with Gasteiger partial charge >= 0.3 is 12.1 Å². The Balaban J connectivity index is 3.08. The number of thioether (sulfide) groups is 1. The van der Waals surface area contributed by atoms with Gasteiger partial charge in [-0.25, -0.2) is 9.59 Å². The minimum Gasteiger partial charge on any atom is -0.329 e. The molecule has 0 atom stereocenters. The zero-order chi connectivity index (χ0) is 18.3. The van der Waals surface area contributed by atoms with Gasteiger partial charge in [-0.15, -0.1) is 0 Å². The Labute approximate surface area is 152 Å². The average Bonchev–Trinajstić information content (AvgIpc) is 2.46. The molecule has 4 amide bonds. The maximum atomic E-state index is 12.7. The number of nitrogens with zero attached hydrogens (tertiary/aromatic N) is 3. The highest BCUT2D eigenvalue weighted by molar-refractivity contribution is 8.13. The number of nitrogens with one attached hydrogen (secondary N) is 1. The number of urea groups is 2. The van der Waals surface area contributed by atoms with Gasteiger partial charge in [0.05, 0.1) is 0 Å². The third-order valence-electron chi connectivity index (χ3n) is 2.86. The van der Waals surface area contributed by atoms with Gasteiger partial charge in [0.15, 0.2) is 5.17 Å². The summed E-state index contributed by atoms with van der Waals surface area (Å²) >= 11 is 7.29. The Bertz CT molecular complexity index is 620. The standard InChI is InChI=1S/C16H23ClN4O2S/c1-6-24-16(19-14(22)20(4)5)21(11(2)3)15(23)18-13-9-7-8-12(17)10-13/h7-11H,6H2,1-5H3,(H,18,23). The van der Waals surface area contributed by atoms with E-state index in [0.29, 0.717) is 21.6 Å². The topological polar surface area (TPSA) is 65.0 Å². The Kier molecular flexibility index (Phi) is 8.07. The van der Waals surface area contributed by atoms with Gasteiger partial charge in [-0.1, -0.05) is 36.4 Å². The zero-order valence-corrected chi connectivity index (χ0v) is 16.1. The van der Waals surface area contributed by atoms with Crippen LogP contribution in [0.2, 0.25) is 5.02 Å². The monoisotopic (exact) mass is 370 g/mol. The lowest BCUT2D eigenvalue weighted by atomic mass is 10.3. The first-order valence-electron chi connectivity index (χ1n) is 7.54. The van der Waals surface area contributed by atoms with Crippen LogP contribution in [0.4, 0.5) is 15.3 Å². The molecule has 1 N–H and O–H groups in total. The molecule has 0 radical (unpaired) electrons. The predicted octanol–water partition coefficient (Wildman–Crippen LogP) is 4.37. The number of hydrogen-bond donors (Lipinski definition) is 1. The third-order valence-corrected chi connectivity index (χ3v) is 3.93. The highest BCUT2D eigenvalue weighted by atomic mass is 35.5. The number of benzene rings is 1. The van der Waals surface area contributed by atoms with Crippen molar-refractivity contribution in [1.29, 1.82) is 0 Å². The summed E-state index contributed by atoms with van der Waals surface area (Å²) in [4.78, 5) is 31.5. The number of hydrogen-bond acceptors (Lipinski definition) is 3. The fourth-order valence-electron chi connectivity index (χ4n) is 1.76. The SMILES string of the molecule is CCSC(=NC(=O)N(C)C)N(C(=O)Nc1cccc(Cl)c1)C(C)C. The summed E-state index contributed by atoms with van der Waals surface area (Å²) in [5.41, 5.74) is 0.581. The number of carbonyl (C=O) groups is 2. The van der Waals surface area contributed by atoms with Gasteiger partial charge in [0.2, 0.25) is 0 Å². The summed E-state index contributed by atoms with van der Waals surface area (Å²) < 4.78 is 0. The molecule has 8 heteroatoms. The molecule has 0 spiro atoms. The van der Waals surface area contributed by atoms with Crippen LogP contribution in [0, 0.1) is 0 Å². The van der Waals surface area contributed by atoms with Gasteiger partial charge in [-0.05, 0) is 37.8 Å². The molecule has 0 aliphatic heterocycles. The summed E-state index contributed by atoms with van der Waals surface area (Å²) in [7, 11) is 3.23. The molecule has 0 saturated carbocycles. The first-order chi connectivity index (χ1) is 11.3. The number of aliphatic imine (C=N–C) groups is 1. The third kappa shape index (κ3) is 6.05. The molecule has 0 aliphatic rings. The normalized spacial score (nSPS) is 11.4. The number of anilines is 1. The van der Waals surface area contributed by atoms with Crippen LogP contribution in [0.3, 0.4) is 0 Å². The fraction of sp³-hybridized carbons (Fsp3) is 0.438. The van der Waals surface area contributed by atoms with Crippen LogP contribution in [-0.2, 0) is 0 Å². The van der Waals surface area contributed by atoms with E-state index in [4.69, 9.17) is 11.6 Å². The molecule has 6 nitrogen and oxygen atoms in total. The Hall–Kier alpha value is -1.73. The van der Waals surface area contributed by atoms with E-state index in [9.17, 15) is 9.59 Å². The molecule has 0 bridgehead atoms. The van der Waals surface area contributed by atoms with Crippen molar-refractivity contribution in [2.24, 2.45) is 4.99 Å². The second kappa shape index (κ2) is 9.54. The van der Waals surface area contributed by atoms with Crippen molar-refractivity contribution in [3.05, 3.63) is 29.3 Å². The molecule has 0 heterocycles. The second-order valence-electron chi connectivity index (χ2n) is 5.41. The van der Waals surface area contributed by atoms with E-state index in [0.717, 1.165) is 0 Å². The highest BCUT2D eigenvalue weighted by Gasteiger charge is 2.24. The van der Waals surface area contributed by atoms with Crippen LogP contribution >= 0.6 is 23.4 Å². The lowest BCUT2D eigenvalue weighted by Crippen LogP contribution is -2.44. The molecule has 1 rings (SSSR count). The molecule has 0 aliphatic carbocycles. The largest absolute Gasteiger partial charge is 0.345 e. The van der Waals surface area contributed by atoms with E-state index in [1.165, 1.54) is 21.6 Å². The average molecular weight is 371 g/mol. The minimum absolute atomic E-state index is 0.169. The van der Waals surface area contributed by atoms with Crippen molar-refractivity contribution in [2.45, 2.75) is 26.8 Å². The summed E-state index contributed by atoms with van der Waals surface area (Å²) in [6.07, 6.45) is 0. The van der Waals surface area contributed by atoms with E-state index in [1.54, 1.807) is 38.4 Å². The summed E-state index contributed by atoms with van der Waals surface area (Å²) in [5, 5.41) is 3.69. The molecular formula is C16H23ClN4O2S. The van der Waals surface area contributed by atoms with Crippen molar-refractivity contribution in [2.75, 3.05) is 25.2 Å². The van der Waals surface area contributed by atoms with E-state index >= 15 is 0 Å². The minimum atomic E-state index is -0.410. The molecule has 1 aromatic carbocycles. The van der Waals surface area contributed by atoms with E-state index < -0.39 is 6.03 Å². The van der Waals surface area contributed by atoms with Crippen LogP contribution in [0.25, 0.3) is 0 Å². The maximum absolute atomic E-state index is 12.7. The van der Waals surface area contributed by atoms with Crippen molar-refractivity contribution in [3.63, 3.8) is 0 Å². The quantitative estimate of drug-likeness (QED) is 0.634. The van der Waals surface area contributed by atoms with Gasteiger partial charge in [-0.2, -0.15) is 4.99 Å². The molecule has 132 valence electrons. The van der Waals surface area contributed by atoms with Crippen molar-refractivity contribution < 1.29 is 9.59 Å². The summed E-state index contributed by atoms with van der Waals surface area (Å²) in [6.45, 7) is 5.67. The van der Waals surface area contributed by atoms with Crippen molar-refractivity contribution in [3.8, 4) is 0 Å². The number of amides is 4. The second-order valence-corrected chi connectivity index (χ2v) is 7.08. The molecule has 1 aromatic rings. The van der Waals surface area contributed by atoms with Crippen molar-refractivity contribution >= 4 is 46.3 Å². The van der Waals surface area contributed by atoms with Gasteiger partial charge in [0.25, 0.3) is 0 Å². The maximum Gasteiger partial charge on any atom is 0.345 e. The fourth-order valence-corrected chi connectivity index (χ4v) is 2.78. The number of rotatable bonds is 3. The van der Waals surface area contributed by atoms with Crippen LogP contribution in [0.5, 0.6) is 0 Å². The first kappa shape index (κ1) is 20.3. The van der Waals surface area contributed by atoms with Gasteiger partial charge in [0.1, 0.15) is 0 Å². The lowest BCUT2D eigenvalue weighted by Gasteiger charge is -2.27. The molecular weight excluding hydrogens is 348 g/mol. The molecule has 0 fully saturated rings. The molecule has 0 unspecified atom stereocenters. The van der Waals surface area contributed by atoms with Crippen LogP contribution < -0.4 is 5.32 Å². The van der Waals surface area contributed by atoms with Crippen LogP contribution in [0.15, 0.2) is 29.3 Å². The van der Waals surface area contributed by atoms with Crippen molar-refractivity contribution in [1.82, 2.24) is 9.80 Å². The lowest BCUT2D eigenvalue weighted by molar-refractivity contribution is 0.224. The van der Waals surface area contributed by atoms with Gasteiger partial charge in [-0.3, -0.25) is 4.90 Å². The highest BCUT2D eigenvalue weighted by Crippen LogP contribution is 2.18. The molecule has 0 saturated heterocycles. The van der Waals surface area contributed by atoms with Gasteiger partial charge < -0.3 is 10.2 Å². The van der Waals surface area contributed by atoms with Crippen LogP contribution in [-0.4, -0.2) is 52.9 Å². The Morgan fingerprint density at radius 1 is 1.33 bits per heavy atom. The first-order valence-corrected chi connectivity index (χ1v) is 8.91. The number of amidine groups is 1. The Morgan fingerprint density at radius 2 is 2.00 bits per heavy atom. The van der Waals surface area contributed by atoms with E-state index in [-0.39, 0.29) is 12.1 Å². The smallest absolute Gasteiger partial charge is 0.329 e. The Morgan fingerprint density at radius 3 is 2.50 bits per heavy atom. The van der Waals surface area contributed by atoms with Crippen LogP contribution in [0.1, 0.15) is 20.8 Å². The van der Waals surface area contributed by atoms with E-state index in [2.05, 4.69) is 10.3 Å². The number of carbonyl (C=O) groups excluding carboxylic acids is 2. The summed E-state index contributed by atoms with van der Waals surface area (Å²) in [5.74, 6) is 0.688.